The van der Waals surface area contributed by atoms with E-state index in [2.05, 4.69) is 10.6 Å². The Labute approximate surface area is 171 Å². The molecule has 0 radical (unpaired) electrons. The van der Waals surface area contributed by atoms with E-state index in [9.17, 15) is 22.8 Å². The number of carbonyl (C=O) groups excluding carboxylic acids is 2. The molecule has 9 heteroatoms. The number of nitrogens with one attached hydrogen (secondary N) is 2. The van der Waals surface area contributed by atoms with E-state index in [1.165, 1.54) is 12.1 Å². The number of benzene rings is 2. The molecule has 1 fully saturated rings. The van der Waals surface area contributed by atoms with Crippen molar-refractivity contribution in [1.82, 2.24) is 5.32 Å². The van der Waals surface area contributed by atoms with Crippen LogP contribution in [0.15, 0.2) is 48.5 Å². The van der Waals surface area contributed by atoms with E-state index in [0.29, 0.717) is 24.5 Å². The molecule has 1 saturated heterocycles. The first kappa shape index (κ1) is 21.6. The molecule has 30 heavy (non-hydrogen) atoms. The Morgan fingerprint density at radius 1 is 1.13 bits per heavy atom. The Balaban J connectivity index is 1.46. The highest BCUT2D eigenvalue weighted by molar-refractivity contribution is 5.94. The molecular formula is C21H21F3N2O4. The maximum absolute atomic E-state index is 12.7. The van der Waals surface area contributed by atoms with Crippen LogP contribution >= 0.6 is 0 Å². The van der Waals surface area contributed by atoms with Crippen molar-refractivity contribution in [3.63, 3.8) is 0 Å². The minimum Gasteiger partial charge on any atom is -0.484 e. The molecule has 0 aliphatic carbocycles. The van der Waals surface area contributed by atoms with E-state index in [-0.39, 0.29) is 24.3 Å². The predicted octanol–water partition coefficient (Wildman–Crippen LogP) is 3.63. The third-order valence-electron chi connectivity index (χ3n) is 4.47. The quantitative estimate of drug-likeness (QED) is 0.715. The highest BCUT2D eigenvalue weighted by Crippen LogP contribution is 2.30. The Morgan fingerprint density at radius 2 is 1.90 bits per heavy atom. The molecule has 0 bridgehead atoms. The molecular weight excluding hydrogens is 401 g/mol. The van der Waals surface area contributed by atoms with Crippen LogP contribution in [-0.2, 0) is 15.7 Å². The molecule has 1 aliphatic rings. The summed E-state index contributed by atoms with van der Waals surface area (Å²) in [7, 11) is 0. The van der Waals surface area contributed by atoms with Gasteiger partial charge in [-0.2, -0.15) is 13.2 Å². The molecule has 1 aliphatic heterocycles. The lowest BCUT2D eigenvalue weighted by molar-refractivity contribution is -0.137. The molecule has 1 heterocycles. The Kier molecular flexibility index (Phi) is 6.94. The standard InChI is InChI=1S/C21H21F3N2O4/c22-21(23,24)15-3-1-4-16(11-15)26-19(27)13-30-17-8-6-14(7-9-17)20(28)25-12-18-5-2-10-29-18/h1,3-4,6-9,11,18H,2,5,10,12-13H2,(H,25,28)(H,26,27)/t18-/m0/s1. The van der Waals surface area contributed by atoms with Gasteiger partial charge in [0.05, 0.1) is 11.7 Å². The lowest BCUT2D eigenvalue weighted by Gasteiger charge is -2.12. The van der Waals surface area contributed by atoms with Crippen molar-refractivity contribution < 1.29 is 32.2 Å². The van der Waals surface area contributed by atoms with Gasteiger partial charge in [-0.25, -0.2) is 0 Å². The second-order valence-electron chi connectivity index (χ2n) is 6.78. The van der Waals surface area contributed by atoms with E-state index in [0.717, 1.165) is 25.0 Å². The van der Waals surface area contributed by atoms with Gasteiger partial charge in [0.25, 0.3) is 11.8 Å². The van der Waals surface area contributed by atoms with Gasteiger partial charge in [-0.15, -0.1) is 0 Å². The number of halogens is 3. The normalized spacial score (nSPS) is 16.2. The van der Waals surface area contributed by atoms with Gasteiger partial charge in [0, 0.05) is 24.4 Å². The third kappa shape index (κ3) is 6.21. The van der Waals surface area contributed by atoms with Crippen molar-refractivity contribution in [2.75, 3.05) is 25.1 Å². The minimum atomic E-state index is -4.49. The van der Waals surface area contributed by atoms with Crippen LogP contribution in [0, 0.1) is 0 Å². The van der Waals surface area contributed by atoms with Crippen LogP contribution in [0.2, 0.25) is 0 Å². The van der Waals surface area contributed by atoms with E-state index >= 15 is 0 Å². The van der Waals surface area contributed by atoms with E-state index in [1.54, 1.807) is 24.3 Å². The highest BCUT2D eigenvalue weighted by Gasteiger charge is 2.30. The summed E-state index contributed by atoms with van der Waals surface area (Å²) in [5.41, 5.74) is -0.389. The van der Waals surface area contributed by atoms with Crippen LogP contribution in [0.3, 0.4) is 0 Å². The fourth-order valence-electron chi connectivity index (χ4n) is 2.94. The summed E-state index contributed by atoms with van der Waals surface area (Å²) in [6, 6.07) is 10.5. The topological polar surface area (TPSA) is 76.7 Å². The minimum absolute atomic E-state index is 0.0247. The van der Waals surface area contributed by atoms with Crippen molar-refractivity contribution >= 4 is 17.5 Å². The van der Waals surface area contributed by atoms with Crippen LogP contribution in [0.5, 0.6) is 5.75 Å². The van der Waals surface area contributed by atoms with Gasteiger partial charge in [0.2, 0.25) is 0 Å². The Morgan fingerprint density at radius 3 is 2.57 bits per heavy atom. The monoisotopic (exact) mass is 422 g/mol. The van der Waals surface area contributed by atoms with Gasteiger partial charge in [-0.05, 0) is 55.3 Å². The fraction of sp³-hybridized carbons (Fsp3) is 0.333. The SMILES string of the molecule is O=C(COc1ccc(C(=O)NC[C@@H]2CCCO2)cc1)Nc1cccc(C(F)(F)F)c1. The predicted molar refractivity (Wildman–Crippen MR) is 103 cm³/mol. The largest absolute Gasteiger partial charge is 0.484 e. The molecule has 1 atom stereocenters. The van der Waals surface area contributed by atoms with Crippen molar-refractivity contribution in [3.05, 3.63) is 59.7 Å². The molecule has 0 aromatic heterocycles. The maximum Gasteiger partial charge on any atom is 0.416 e. The zero-order valence-corrected chi connectivity index (χ0v) is 16.0. The molecule has 6 nitrogen and oxygen atoms in total. The number of amides is 2. The number of alkyl halides is 3. The van der Waals surface area contributed by atoms with Crippen LogP contribution in [0.25, 0.3) is 0 Å². The van der Waals surface area contributed by atoms with Crippen LogP contribution in [0.4, 0.5) is 18.9 Å². The number of hydrogen-bond acceptors (Lipinski definition) is 4. The summed E-state index contributed by atoms with van der Waals surface area (Å²) in [6.45, 7) is 0.779. The Bertz CT molecular complexity index is 879. The van der Waals surface area contributed by atoms with Gasteiger partial charge < -0.3 is 20.1 Å². The van der Waals surface area contributed by atoms with Crippen LogP contribution < -0.4 is 15.4 Å². The molecule has 0 unspecified atom stereocenters. The zero-order chi connectivity index (χ0) is 21.6. The summed E-state index contributed by atoms with van der Waals surface area (Å²) < 4.78 is 48.9. The van der Waals surface area contributed by atoms with Crippen LogP contribution in [0.1, 0.15) is 28.8 Å². The van der Waals surface area contributed by atoms with Crippen molar-refractivity contribution in [2.24, 2.45) is 0 Å². The molecule has 160 valence electrons. The summed E-state index contributed by atoms with van der Waals surface area (Å²) in [4.78, 5) is 24.1. The molecule has 2 amide bonds. The molecule has 2 aromatic carbocycles. The van der Waals surface area contributed by atoms with E-state index < -0.39 is 17.6 Å². The maximum atomic E-state index is 12.7. The summed E-state index contributed by atoms with van der Waals surface area (Å²) in [5.74, 6) is -0.489. The summed E-state index contributed by atoms with van der Waals surface area (Å²) in [5, 5.41) is 5.16. The molecule has 3 rings (SSSR count). The van der Waals surface area contributed by atoms with Crippen molar-refractivity contribution in [3.8, 4) is 5.75 Å². The van der Waals surface area contributed by atoms with Crippen molar-refractivity contribution in [1.29, 1.82) is 0 Å². The van der Waals surface area contributed by atoms with Gasteiger partial charge in [0.1, 0.15) is 5.75 Å². The lowest BCUT2D eigenvalue weighted by Crippen LogP contribution is -2.31. The number of carbonyl (C=O) groups is 2. The number of hydrogen-bond donors (Lipinski definition) is 2. The number of rotatable bonds is 7. The summed E-state index contributed by atoms with van der Waals surface area (Å²) in [6.07, 6.45) is -2.52. The third-order valence-corrected chi connectivity index (χ3v) is 4.47. The first-order valence-electron chi connectivity index (χ1n) is 9.41. The first-order valence-corrected chi connectivity index (χ1v) is 9.41. The fourth-order valence-corrected chi connectivity index (χ4v) is 2.94. The van der Waals surface area contributed by atoms with Gasteiger partial charge in [-0.1, -0.05) is 6.07 Å². The number of anilines is 1. The zero-order valence-electron chi connectivity index (χ0n) is 16.0. The Hall–Kier alpha value is -3.07. The summed E-state index contributed by atoms with van der Waals surface area (Å²) >= 11 is 0. The highest BCUT2D eigenvalue weighted by atomic mass is 19.4. The average Bonchev–Trinajstić information content (AvgIpc) is 3.24. The van der Waals surface area contributed by atoms with Crippen molar-refractivity contribution in [2.45, 2.75) is 25.1 Å². The molecule has 2 N–H and O–H groups in total. The van der Waals surface area contributed by atoms with Gasteiger partial charge in [0.15, 0.2) is 6.61 Å². The van der Waals surface area contributed by atoms with Gasteiger partial charge in [-0.3, -0.25) is 9.59 Å². The average molecular weight is 422 g/mol. The first-order chi connectivity index (χ1) is 14.3. The van der Waals surface area contributed by atoms with Crippen LogP contribution in [-0.4, -0.2) is 37.7 Å². The smallest absolute Gasteiger partial charge is 0.416 e. The van der Waals surface area contributed by atoms with Gasteiger partial charge >= 0.3 is 6.18 Å². The second-order valence-corrected chi connectivity index (χ2v) is 6.78. The molecule has 2 aromatic rings. The number of ether oxygens (including phenoxy) is 2. The molecule has 0 saturated carbocycles. The van der Waals surface area contributed by atoms with E-state index in [4.69, 9.17) is 9.47 Å². The molecule has 0 spiro atoms. The lowest BCUT2D eigenvalue weighted by atomic mass is 10.2. The van der Waals surface area contributed by atoms with E-state index in [1.807, 2.05) is 0 Å². The second kappa shape index (κ2) is 9.62.